The summed E-state index contributed by atoms with van der Waals surface area (Å²) >= 11 is 0. The van der Waals surface area contributed by atoms with Crippen LogP contribution in [-0.4, -0.2) is 48.8 Å². The number of amides is 2. The summed E-state index contributed by atoms with van der Waals surface area (Å²) in [6.07, 6.45) is 0.348. The minimum atomic E-state index is -0.105. The van der Waals surface area contributed by atoms with Gasteiger partial charge in [0.25, 0.3) is 0 Å². The molecule has 0 aromatic heterocycles. The second-order valence-corrected chi connectivity index (χ2v) is 6.66. The number of anilines is 1. The van der Waals surface area contributed by atoms with Crippen molar-refractivity contribution < 1.29 is 9.59 Å². The van der Waals surface area contributed by atoms with E-state index in [1.165, 1.54) is 6.92 Å². The average molecular weight is 353 g/mol. The molecule has 0 aliphatic carbocycles. The number of carbonyl (C=O) groups is 2. The molecule has 0 aliphatic rings. The predicted molar refractivity (Wildman–Crippen MR) is 105 cm³/mol. The van der Waals surface area contributed by atoms with Crippen molar-refractivity contribution in [3.05, 3.63) is 65.7 Å². The van der Waals surface area contributed by atoms with E-state index in [2.05, 4.69) is 10.2 Å². The van der Waals surface area contributed by atoms with Gasteiger partial charge in [0.05, 0.1) is 6.42 Å². The van der Waals surface area contributed by atoms with Crippen molar-refractivity contribution in [1.29, 1.82) is 0 Å². The molecular formula is C21H27N3O2. The highest BCUT2D eigenvalue weighted by molar-refractivity contribution is 5.88. The van der Waals surface area contributed by atoms with Gasteiger partial charge in [0, 0.05) is 32.2 Å². The lowest BCUT2D eigenvalue weighted by atomic mass is 10.1. The molecule has 5 heteroatoms. The van der Waals surface area contributed by atoms with Gasteiger partial charge in [-0.3, -0.25) is 9.59 Å². The Morgan fingerprint density at radius 2 is 1.54 bits per heavy atom. The Hall–Kier alpha value is -2.66. The molecule has 0 atom stereocenters. The van der Waals surface area contributed by atoms with Crippen LogP contribution in [0.15, 0.2) is 54.6 Å². The summed E-state index contributed by atoms with van der Waals surface area (Å²) in [5.41, 5.74) is 2.80. The zero-order chi connectivity index (χ0) is 18.9. The third-order valence-corrected chi connectivity index (χ3v) is 4.02. The summed E-state index contributed by atoms with van der Waals surface area (Å²) < 4.78 is 0. The van der Waals surface area contributed by atoms with Crippen LogP contribution >= 0.6 is 0 Å². The summed E-state index contributed by atoms with van der Waals surface area (Å²) in [4.78, 5) is 27.9. The van der Waals surface area contributed by atoms with E-state index in [0.717, 1.165) is 23.4 Å². The van der Waals surface area contributed by atoms with Crippen molar-refractivity contribution in [1.82, 2.24) is 9.80 Å². The van der Waals surface area contributed by atoms with Crippen LogP contribution in [0.3, 0.4) is 0 Å². The maximum Gasteiger partial charge on any atom is 0.227 e. The zero-order valence-corrected chi connectivity index (χ0v) is 15.7. The number of nitrogens with one attached hydrogen (secondary N) is 1. The van der Waals surface area contributed by atoms with Crippen LogP contribution in [0.4, 0.5) is 5.69 Å². The number of rotatable bonds is 8. The van der Waals surface area contributed by atoms with Crippen molar-refractivity contribution in [2.75, 3.05) is 32.5 Å². The maximum atomic E-state index is 12.8. The van der Waals surface area contributed by atoms with E-state index < -0.39 is 0 Å². The van der Waals surface area contributed by atoms with Gasteiger partial charge in [-0.15, -0.1) is 0 Å². The third-order valence-electron chi connectivity index (χ3n) is 4.02. The van der Waals surface area contributed by atoms with E-state index in [4.69, 9.17) is 0 Å². The van der Waals surface area contributed by atoms with Crippen LogP contribution in [-0.2, 0) is 22.6 Å². The van der Waals surface area contributed by atoms with Gasteiger partial charge in [-0.25, -0.2) is 0 Å². The standard InChI is InChI=1S/C21H27N3O2/c1-17(25)22-20-11-9-18(10-12-20)15-21(26)24(14-13-23(2)3)16-19-7-5-4-6-8-19/h4-12H,13-16H2,1-3H3,(H,22,25). The molecule has 0 unspecified atom stereocenters. The van der Waals surface area contributed by atoms with E-state index in [-0.39, 0.29) is 11.8 Å². The summed E-state index contributed by atoms with van der Waals surface area (Å²) in [6.45, 7) is 3.59. The van der Waals surface area contributed by atoms with Crippen molar-refractivity contribution in [2.24, 2.45) is 0 Å². The first-order valence-electron chi connectivity index (χ1n) is 8.77. The second-order valence-electron chi connectivity index (χ2n) is 6.66. The lowest BCUT2D eigenvalue weighted by Gasteiger charge is -2.25. The average Bonchev–Trinajstić information content (AvgIpc) is 2.60. The van der Waals surface area contributed by atoms with Gasteiger partial charge >= 0.3 is 0 Å². The Labute approximate surface area is 155 Å². The molecule has 0 aliphatic heterocycles. The molecular weight excluding hydrogens is 326 g/mol. The first kappa shape index (κ1) is 19.7. The van der Waals surface area contributed by atoms with E-state index in [9.17, 15) is 9.59 Å². The number of hydrogen-bond acceptors (Lipinski definition) is 3. The number of carbonyl (C=O) groups excluding carboxylic acids is 2. The summed E-state index contributed by atoms with van der Waals surface area (Å²) in [5, 5.41) is 2.73. The van der Waals surface area contributed by atoms with Crippen LogP contribution in [0.5, 0.6) is 0 Å². The van der Waals surface area contributed by atoms with E-state index in [0.29, 0.717) is 19.5 Å². The van der Waals surface area contributed by atoms with Gasteiger partial charge in [-0.05, 0) is 37.4 Å². The molecule has 1 N–H and O–H groups in total. The SMILES string of the molecule is CC(=O)Nc1ccc(CC(=O)N(CCN(C)C)Cc2ccccc2)cc1. The molecule has 0 fully saturated rings. The molecule has 5 nitrogen and oxygen atoms in total. The molecule has 26 heavy (non-hydrogen) atoms. The monoisotopic (exact) mass is 353 g/mol. The van der Waals surface area contributed by atoms with Gasteiger partial charge in [0.15, 0.2) is 0 Å². The highest BCUT2D eigenvalue weighted by atomic mass is 16.2. The lowest BCUT2D eigenvalue weighted by Crippen LogP contribution is -2.37. The number of benzene rings is 2. The van der Waals surface area contributed by atoms with Crippen LogP contribution < -0.4 is 5.32 Å². The topological polar surface area (TPSA) is 52.7 Å². The van der Waals surface area contributed by atoms with Gasteiger partial charge in [-0.1, -0.05) is 42.5 Å². The molecule has 2 rings (SSSR count). The quantitative estimate of drug-likeness (QED) is 0.794. The van der Waals surface area contributed by atoms with E-state index in [1.54, 1.807) is 0 Å². The van der Waals surface area contributed by atoms with Crippen molar-refractivity contribution in [2.45, 2.75) is 19.9 Å². The van der Waals surface area contributed by atoms with Gasteiger partial charge in [0.2, 0.25) is 11.8 Å². The van der Waals surface area contributed by atoms with Crippen LogP contribution in [0.25, 0.3) is 0 Å². The molecule has 2 aromatic carbocycles. The molecule has 0 bridgehead atoms. The predicted octanol–water partition coefficient (Wildman–Crippen LogP) is 2.78. The number of nitrogens with zero attached hydrogens (tertiary/aromatic N) is 2. The van der Waals surface area contributed by atoms with Crippen LogP contribution in [0, 0.1) is 0 Å². The summed E-state index contributed by atoms with van der Waals surface area (Å²) in [7, 11) is 4.01. The molecule has 0 saturated carbocycles. The molecule has 0 spiro atoms. The Balaban J connectivity index is 2.03. The van der Waals surface area contributed by atoms with Crippen molar-refractivity contribution in [3.63, 3.8) is 0 Å². The zero-order valence-electron chi connectivity index (χ0n) is 15.7. The molecule has 138 valence electrons. The van der Waals surface area contributed by atoms with Crippen LogP contribution in [0.1, 0.15) is 18.1 Å². The largest absolute Gasteiger partial charge is 0.337 e. The van der Waals surface area contributed by atoms with Gasteiger partial charge < -0.3 is 15.1 Å². The highest BCUT2D eigenvalue weighted by Gasteiger charge is 2.15. The summed E-state index contributed by atoms with van der Waals surface area (Å²) in [6, 6.07) is 17.5. The highest BCUT2D eigenvalue weighted by Crippen LogP contribution is 2.12. The Morgan fingerprint density at radius 1 is 0.885 bits per heavy atom. The molecule has 0 radical (unpaired) electrons. The fraction of sp³-hybridized carbons (Fsp3) is 0.333. The second kappa shape index (κ2) is 9.73. The maximum absolute atomic E-state index is 12.8. The summed E-state index contributed by atoms with van der Waals surface area (Å²) in [5.74, 6) is -0.00507. The minimum Gasteiger partial charge on any atom is -0.337 e. The third kappa shape index (κ3) is 6.69. The van der Waals surface area contributed by atoms with Gasteiger partial charge in [-0.2, -0.15) is 0 Å². The normalized spacial score (nSPS) is 10.6. The minimum absolute atomic E-state index is 0.1000. The van der Waals surface area contributed by atoms with E-state index in [1.807, 2.05) is 73.6 Å². The number of likely N-dealkylation sites (N-methyl/N-ethyl adjacent to an activating group) is 1. The number of hydrogen-bond donors (Lipinski definition) is 1. The van der Waals surface area contributed by atoms with Crippen molar-refractivity contribution in [3.8, 4) is 0 Å². The van der Waals surface area contributed by atoms with Crippen LogP contribution in [0.2, 0.25) is 0 Å². The molecule has 0 heterocycles. The fourth-order valence-corrected chi connectivity index (χ4v) is 2.61. The first-order chi connectivity index (χ1) is 12.4. The van der Waals surface area contributed by atoms with E-state index >= 15 is 0 Å². The molecule has 0 saturated heterocycles. The van der Waals surface area contributed by atoms with Gasteiger partial charge in [0.1, 0.15) is 0 Å². The molecule has 2 aromatic rings. The van der Waals surface area contributed by atoms with Crippen molar-refractivity contribution >= 4 is 17.5 Å². The molecule has 2 amide bonds. The Morgan fingerprint density at radius 3 is 2.12 bits per heavy atom. The lowest BCUT2D eigenvalue weighted by molar-refractivity contribution is -0.131. The Kier molecular flexibility index (Phi) is 7.36. The Bertz CT molecular complexity index is 712. The smallest absolute Gasteiger partial charge is 0.227 e. The first-order valence-corrected chi connectivity index (χ1v) is 8.77. The fourth-order valence-electron chi connectivity index (χ4n) is 2.61.